The molecule has 0 bridgehead atoms. The SMILES string of the molecule is CC(C)S(=O)(=O)c1ccc(-c2nnc(NC(=O)c3nc4ccccc4o3)o2)cc1. The summed E-state index contributed by atoms with van der Waals surface area (Å²) < 4.78 is 35.2. The van der Waals surface area contributed by atoms with Crippen LogP contribution in [-0.4, -0.2) is 34.8 Å². The average Bonchev–Trinajstić information content (AvgIpc) is 3.35. The molecule has 0 radical (unpaired) electrons. The summed E-state index contributed by atoms with van der Waals surface area (Å²) in [6.45, 7) is 3.24. The van der Waals surface area contributed by atoms with E-state index in [4.69, 9.17) is 8.83 Å². The summed E-state index contributed by atoms with van der Waals surface area (Å²) >= 11 is 0. The number of aromatic nitrogens is 3. The maximum atomic E-state index is 12.3. The largest absolute Gasteiger partial charge is 0.432 e. The molecule has 0 aliphatic rings. The van der Waals surface area contributed by atoms with E-state index in [0.29, 0.717) is 16.7 Å². The summed E-state index contributed by atoms with van der Waals surface area (Å²) in [7, 11) is -3.37. The van der Waals surface area contributed by atoms with E-state index in [9.17, 15) is 13.2 Å². The van der Waals surface area contributed by atoms with Gasteiger partial charge in [0.25, 0.3) is 5.89 Å². The van der Waals surface area contributed by atoms with Crippen molar-refractivity contribution in [3.63, 3.8) is 0 Å². The average molecular weight is 412 g/mol. The number of para-hydroxylation sites is 2. The van der Waals surface area contributed by atoms with Gasteiger partial charge in [-0.1, -0.05) is 17.2 Å². The third-order valence-corrected chi connectivity index (χ3v) is 6.35. The van der Waals surface area contributed by atoms with Crippen LogP contribution < -0.4 is 5.32 Å². The number of amides is 1. The smallest absolute Gasteiger partial charge is 0.322 e. The molecule has 4 rings (SSSR count). The number of benzene rings is 2. The number of oxazole rings is 1. The van der Waals surface area contributed by atoms with Crippen LogP contribution in [0.2, 0.25) is 0 Å². The van der Waals surface area contributed by atoms with Gasteiger partial charge in [-0.3, -0.25) is 10.1 Å². The molecular weight excluding hydrogens is 396 g/mol. The first-order valence-electron chi connectivity index (χ1n) is 8.69. The number of hydrogen-bond donors (Lipinski definition) is 1. The lowest BCUT2D eigenvalue weighted by Crippen LogP contribution is -2.13. The van der Waals surface area contributed by atoms with E-state index >= 15 is 0 Å². The Hall–Kier alpha value is -3.53. The molecule has 9 nitrogen and oxygen atoms in total. The van der Waals surface area contributed by atoms with E-state index in [-0.39, 0.29) is 22.7 Å². The minimum Gasteiger partial charge on any atom is -0.432 e. The fourth-order valence-corrected chi connectivity index (χ4v) is 3.63. The maximum absolute atomic E-state index is 12.3. The number of rotatable bonds is 5. The molecule has 0 aliphatic carbocycles. The van der Waals surface area contributed by atoms with E-state index in [1.54, 1.807) is 50.2 Å². The highest BCUT2D eigenvalue weighted by Gasteiger charge is 2.20. The van der Waals surface area contributed by atoms with E-state index < -0.39 is 21.0 Å². The van der Waals surface area contributed by atoms with E-state index in [2.05, 4.69) is 20.5 Å². The van der Waals surface area contributed by atoms with Crippen LogP contribution >= 0.6 is 0 Å². The molecule has 0 spiro atoms. The Morgan fingerprint density at radius 3 is 2.41 bits per heavy atom. The first-order valence-corrected chi connectivity index (χ1v) is 10.2. The van der Waals surface area contributed by atoms with Crippen molar-refractivity contribution in [1.29, 1.82) is 0 Å². The van der Waals surface area contributed by atoms with Gasteiger partial charge in [0.05, 0.1) is 10.1 Å². The summed E-state index contributed by atoms with van der Waals surface area (Å²) in [5.74, 6) is -0.629. The monoisotopic (exact) mass is 412 g/mol. The Bertz CT molecular complexity index is 1260. The second kappa shape index (κ2) is 7.13. The Labute approximate surface area is 165 Å². The fourth-order valence-electron chi connectivity index (χ4n) is 2.57. The van der Waals surface area contributed by atoms with Crippen LogP contribution in [0, 0.1) is 0 Å². The van der Waals surface area contributed by atoms with Gasteiger partial charge in [0.15, 0.2) is 15.4 Å². The molecule has 0 fully saturated rings. The lowest BCUT2D eigenvalue weighted by Gasteiger charge is -2.07. The van der Waals surface area contributed by atoms with E-state index in [1.807, 2.05) is 0 Å². The number of fused-ring (bicyclic) bond motifs is 1. The Balaban J connectivity index is 1.51. The topological polar surface area (TPSA) is 128 Å². The molecule has 0 unspecified atom stereocenters. The molecule has 10 heteroatoms. The van der Waals surface area contributed by atoms with Crippen molar-refractivity contribution in [2.75, 3.05) is 5.32 Å². The number of carbonyl (C=O) groups excluding carboxylic acids is 1. The number of sulfone groups is 1. The summed E-state index contributed by atoms with van der Waals surface area (Å²) in [4.78, 5) is 16.6. The lowest BCUT2D eigenvalue weighted by atomic mass is 10.2. The van der Waals surface area contributed by atoms with Gasteiger partial charge in [-0.05, 0) is 50.2 Å². The molecule has 148 valence electrons. The molecule has 2 heterocycles. The first kappa shape index (κ1) is 18.8. The summed E-state index contributed by atoms with van der Waals surface area (Å²) in [5, 5.41) is 9.55. The van der Waals surface area contributed by atoms with Crippen molar-refractivity contribution in [3.8, 4) is 11.5 Å². The minimum atomic E-state index is -3.37. The number of hydrogen-bond acceptors (Lipinski definition) is 8. The van der Waals surface area contributed by atoms with Crippen LogP contribution in [0.5, 0.6) is 0 Å². The molecule has 0 saturated heterocycles. The third kappa shape index (κ3) is 3.61. The second-order valence-electron chi connectivity index (χ2n) is 6.47. The van der Waals surface area contributed by atoms with Gasteiger partial charge in [0, 0.05) is 5.56 Å². The van der Waals surface area contributed by atoms with Crippen molar-refractivity contribution in [2.24, 2.45) is 0 Å². The standard InChI is InChI=1S/C19H16N4O5S/c1-11(2)29(25,26)13-9-7-12(8-10-13)17-22-23-19(28-17)21-16(24)18-20-14-5-3-4-6-15(14)27-18/h3-11H,1-2H3,(H,21,23,24). The fraction of sp³-hybridized carbons (Fsp3) is 0.158. The van der Waals surface area contributed by atoms with Crippen molar-refractivity contribution in [3.05, 3.63) is 54.4 Å². The van der Waals surface area contributed by atoms with Crippen LogP contribution in [0.3, 0.4) is 0 Å². The van der Waals surface area contributed by atoms with Crippen molar-refractivity contribution in [2.45, 2.75) is 24.0 Å². The predicted octanol–water partition coefficient (Wildman–Crippen LogP) is 3.31. The molecule has 2 aromatic heterocycles. The Morgan fingerprint density at radius 2 is 1.72 bits per heavy atom. The van der Waals surface area contributed by atoms with Gasteiger partial charge in [-0.2, -0.15) is 0 Å². The van der Waals surface area contributed by atoms with Crippen molar-refractivity contribution < 1.29 is 22.0 Å². The zero-order chi connectivity index (χ0) is 20.6. The van der Waals surface area contributed by atoms with Gasteiger partial charge in [0.2, 0.25) is 5.89 Å². The number of nitrogens with one attached hydrogen (secondary N) is 1. The predicted molar refractivity (Wildman–Crippen MR) is 104 cm³/mol. The molecule has 0 aliphatic heterocycles. The van der Waals surface area contributed by atoms with Crippen LogP contribution in [0.4, 0.5) is 6.01 Å². The summed E-state index contributed by atoms with van der Waals surface area (Å²) in [5.41, 5.74) is 1.56. The Kier molecular flexibility index (Phi) is 4.63. The van der Waals surface area contributed by atoms with Gasteiger partial charge in [-0.15, -0.1) is 5.10 Å². The third-order valence-electron chi connectivity index (χ3n) is 4.18. The Morgan fingerprint density at radius 1 is 1.00 bits per heavy atom. The first-order chi connectivity index (χ1) is 13.8. The zero-order valence-electron chi connectivity index (χ0n) is 15.5. The van der Waals surface area contributed by atoms with Gasteiger partial charge in [0.1, 0.15) is 5.52 Å². The molecule has 0 atom stereocenters. The number of carbonyl (C=O) groups is 1. The van der Waals surface area contributed by atoms with Gasteiger partial charge in [-0.25, -0.2) is 13.4 Å². The van der Waals surface area contributed by atoms with Crippen LogP contribution in [0.15, 0.2) is 62.3 Å². The van der Waals surface area contributed by atoms with Crippen molar-refractivity contribution >= 4 is 32.9 Å². The molecule has 2 aromatic carbocycles. The van der Waals surface area contributed by atoms with Crippen LogP contribution in [-0.2, 0) is 9.84 Å². The highest BCUT2D eigenvalue weighted by molar-refractivity contribution is 7.92. The van der Waals surface area contributed by atoms with E-state index in [0.717, 1.165) is 0 Å². The molecule has 0 saturated carbocycles. The van der Waals surface area contributed by atoms with Gasteiger partial charge >= 0.3 is 11.9 Å². The number of nitrogens with zero attached hydrogens (tertiary/aromatic N) is 3. The minimum absolute atomic E-state index is 0.130. The molecule has 29 heavy (non-hydrogen) atoms. The van der Waals surface area contributed by atoms with Gasteiger partial charge < -0.3 is 8.83 Å². The van der Waals surface area contributed by atoms with Crippen LogP contribution in [0.25, 0.3) is 22.6 Å². The quantitative estimate of drug-likeness (QED) is 0.529. The van der Waals surface area contributed by atoms with E-state index in [1.165, 1.54) is 12.1 Å². The zero-order valence-corrected chi connectivity index (χ0v) is 16.3. The lowest BCUT2D eigenvalue weighted by molar-refractivity contribution is 0.0989. The van der Waals surface area contributed by atoms with Crippen LogP contribution in [0.1, 0.15) is 24.5 Å². The maximum Gasteiger partial charge on any atom is 0.322 e. The molecule has 1 amide bonds. The summed E-state index contributed by atoms with van der Waals surface area (Å²) in [6.07, 6.45) is 0. The number of anilines is 1. The molecule has 1 N–H and O–H groups in total. The summed E-state index contributed by atoms with van der Waals surface area (Å²) in [6, 6.07) is 12.9. The second-order valence-corrected chi connectivity index (χ2v) is 8.98. The molecule has 4 aromatic rings. The highest BCUT2D eigenvalue weighted by Crippen LogP contribution is 2.24. The molecular formula is C19H16N4O5S. The van der Waals surface area contributed by atoms with Crippen molar-refractivity contribution in [1.82, 2.24) is 15.2 Å². The normalized spacial score (nSPS) is 11.8. The highest BCUT2D eigenvalue weighted by atomic mass is 32.2.